The van der Waals surface area contributed by atoms with Crippen LogP contribution in [0.5, 0.6) is 0 Å². The number of Topliss-reactive ketones (excluding diaryl/α,β-unsaturated/α-hetero) is 1. The zero-order valence-corrected chi connectivity index (χ0v) is 9.82. The Hall–Kier alpha value is -0.860. The van der Waals surface area contributed by atoms with Crippen LogP contribution in [-0.4, -0.2) is 11.5 Å². The third kappa shape index (κ3) is 3.65. The Morgan fingerprint density at radius 3 is 2.33 bits per heavy atom. The lowest BCUT2D eigenvalue weighted by Crippen LogP contribution is -2.07. The smallest absolute Gasteiger partial charge is 0.142 e. The van der Waals surface area contributed by atoms with Crippen molar-refractivity contribution >= 4 is 34.7 Å². The summed E-state index contributed by atoms with van der Waals surface area (Å²) in [6.45, 7) is 1.60. The van der Waals surface area contributed by atoms with Gasteiger partial charge in [-0.1, -0.05) is 29.3 Å². The minimum atomic E-state index is -0.0440. The van der Waals surface area contributed by atoms with Crippen LogP contribution in [0, 0.1) is 5.41 Å². The molecule has 0 aliphatic carbocycles. The van der Waals surface area contributed by atoms with Gasteiger partial charge in [0.05, 0.1) is 0 Å². The summed E-state index contributed by atoms with van der Waals surface area (Å²) in [5, 5.41) is 8.21. The fraction of sp³-hybridized carbons (Fsp3) is 0.273. The minimum Gasteiger partial charge on any atom is -0.310 e. The van der Waals surface area contributed by atoms with Crippen molar-refractivity contribution < 1.29 is 4.79 Å². The Kier molecular flexibility index (Phi) is 4.30. The number of nitrogens with one attached hydrogen (secondary N) is 1. The second kappa shape index (κ2) is 5.29. The molecule has 1 rings (SSSR count). The molecule has 0 amide bonds. The molecule has 0 unspecified atom stereocenters. The number of halogens is 2. The second-order valence-electron chi connectivity index (χ2n) is 3.37. The molecule has 2 nitrogen and oxygen atoms in total. The summed E-state index contributed by atoms with van der Waals surface area (Å²) >= 11 is 11.8. The van der Waals surface area contributed by atoms with Crippen molar-refractivity contribution in [2.75, 3.05) is 0 Å². The van der Waals surface area contributed by atoms with Gasteiger partial charge in [-0.2, -0.15) is 0 Å². The average molecular weight is 244 g/mol. The van der Waals surface area contributed by atoms with Crippen molar-refractivity contribution in [2.45, 2.75) is 19.8 Å². The molecule has 0 bridgehead atoms. The van der Waals surface area contributed by atoms with Crippen LogP contribution >= 0.6 is 23.2 Å². The lowest BCUT2D eigenvalue weighted by Gasteiger charge is -2.05. The Balaban J connectivity index is 2.80. The summed E-state index contributed by atoms with van der Waals surface area (Å²) in [7, 11) is 0. The molecule has 1 aromatic rings. The van der Waals surface area contributed by atoms with Gasteiger partial charge in [-0.3, -0.25) is 4.79 Å². The summed E-state index contributed by atoms with van der Waals surface area (Å²) < 4.78 is 0. The molecule has 0 aliphatic heterocycles. The Labute approximate surface area is 98.7 Å². The molecule has 0 atom stereocenters. The van der Waals surface area contributed by atoms with Crippen molar-refractivity contribution in [3.63, 3.8) is 0 Å². The Bertz CT molecular complexity index is 381. The van der Waals surface area contributed by atoms with Gasteiger partial charge in [-0.25, -0.2) is 0 Å². The van der Waals surface area contributed by atoms with Crippen molar-refractivity contribution in [3.8, 4) is 0 Å². The summed E-state index contributed by atoms with van der Waals surface area (Å²) in [6, 6.07) is 5.14. The topological polar surface area (TPSA) is 40.9 Å². The largest absolute Gasteiger partial charge is 0.310 e. The van der Waals surface area contributed by atoms with Gasteiger partial charge in [-0.15, -0.1) is 0 Å². The first-order chi connectivity index (χ1) is 7.00. The van der Waals surface area contributed by atoms with Crippen molar-refractivity contribution in [3.05, 3.63) is 33.8 Å². The minimum absolute atomic E-state index is 0.0440. The van der Waals surface area contributed by atoms with Gasteiger partial charge in [0.2, 0.25) is 0 Å². The zero-order valence-electron chi connectivity index (χ0n) is 8.31. The first kappa shape index (κ1) is 12.2. The van der Waals surface area contributed by atoms with Gasteiger partial charge in [0.1, 0.15) is 5.78 Å². The highest BCUT2D eigenvalue weighted by Crippen LogP contribution is 2.25. The van der Waals surface area contributed by atoms with Gasteiger partial charge >= 0.3 is 0 Å². The van der Waals surface area contributed by atoms with Crippen LogP contribution in [-0.2, 0) is 11.2 Å². The van der Waals surface area contributed by atoms with E-state index in [4.69, 9.17) is 28.6 Å². The lowest BCUT2D eigenvalue weighted by atomic mass is 10.1. The van der Waals surface area contributed by atoms with Crippen LogP contribution in [0.3, 0.4) is 0 Å². The van der Waals surface area contributed by atoms with E-state index in [1.54, 1.807) is 25.1 Å². The highest BCUT2D eigenvalue weighted by atomic mass is 35.5. The van der Waals surface area contributed by atoms with Crippen molar-refractivity contribution in [2.24, 2.45) is 0 Å². The molecule has 1 N–H and O–H groups in total. The summed E-state index contributed by atoms with van der Waals surface area (Å²) in [6.07, 6.45) is 0.344. The van der Waals surface area contributed by atoms with E-state index in [2.05, 4.69) is 0 Å². The van der Waals surface area contributed by atoms with Crippen LogP contribution in [0.1, 0.15) is 18.9 Å². The standard InChI is InChI=1S/C11H11Cl2NO/c1-7(14)5-8(15)6-9-10(12)3-2-4-11(9)13/h2-4,14H,5-6H2,1H3. The maximum Gasteiger partial charge on any atom is 0.142 e. The van der Waals surface area contributed by atoms with E-state index >= 15 is 0 Å². The maximum atomic E-state index is 11.5. The molecule has 4 heteroatoms. The summed E-state index contributed by atoms with van der Waals surface area (Å²) in [4.78, 5) is 11.5. The number of carbonyl (C=O) groups excluding carboxylic acids is 1. The molecule has 0 spiro atoms. The number of carbonyl (C=O) groups is 1. The number of benzene rings is 1. The van der Waals surface area contributed by atoms with Crippen molar-refractivity contribution in [1.29, 1.82) is 5.41 Å². The molecule has 0 heterocycles. The van der Waals surface area contributed by atoms with Crippen LogP contribution < -0.4 is 0 Å². The fourth-order valence-corrected chi connectivity index (χ4v) is 1.79. The van der Waals surface area contributed by atoms with Crippen LogP contribution in [0.2, 0.25) is 10.0 Å². The first-order valence-corrected chi connectivity index (χ1v) is 5.25. The third-order valence-electron chi connectivity index (χ3n) is 1.90. The summed E-state index contributed by atoms with van der Waals surface area (Å²) in [5.41, 5.74) is 0.996. The lowest BCUT2D eigenvalue weighted by molar-refractivity contribution is -0.117. The monoisotopic (exact) mass is 243 g/mol. The molecule has 80 valence electrons. The van der Waals surface area contributed by atoms with E-state index in [-0.39, 0.29) is 18.6 Å². The summed E-state index contributed by atoms with van der Waals surface area (Å²) in [5.74, 6) is -0.0440. The SMILES string of the molecule is CC(=N)CC(=O)Cc1c(Cl)cccc1Cl. The number of rotatable bonds is 4. The molecule has 15 heavy (non-hydrogen) atoms. The fourth-order valence-electron chi connectivity index (χ4n) is 1.26. The predicted octanol–water partition coefficient (Wildman–Crippen LogP) is 3.53. The van der Waals surface area contributed by atoms with Gasteiger partial charge in [0.25, 0.3) is 0 Å². The predicted molar refractivity (Wildman–Crippen MR) is 63.2 cm³/mol. The molecule has 0 saturated heterocycles. The van der Waals surface area contributed by atoms with Crippen LogP contribution in [0.25, 0.3) is 0 Å². The molecular weight excluding hydrogens is 233 g/mol. The maximum absolute atomic E-state index is 11.5. The number of hydrogen-bond acceptors (Lipinski definition) is 2. The highest BCUT2D eigenvalue weighted by molar-refractivity contribution is 6.36. The average Bonchev–Trinajstić information content (AvgIpc) is 2.10. The zero-order chi connectivity index (χ0) is 11.4. The second-order valence-corrected chi connectivity index (χ2v) is 4.19. The van der Waals surface area contributed by atoms with E-state index in [9.17, 15) is 4.79 Å². The Morgan fingerprint density at radius 2 is 1.87 bits per heavy atom. The third-order valence-corrected chi connectivity index (χ3v) is 2.61. The molecule has 0 aromatic heterocycles. The number of ketones is 1. The van der Waals surface area contributed by atoms with Gasteiger partial charge in [-0.05, 0) is 24.6 Å². The van der Waals surface area contributed by atoms with Crippen LogP contribution in [0.15, 0.2) is 18.2 Å². The van der Waals surface area contributed by atoms with E-state index < -0.39 is 0 Å². The molecule has 0 aliphatic rings. The molecule has 1 aromatic carbocycles. The van der Waals surface area contributed by atoms with Gasteiger partial charge in [0.15, 0.2) is 0 Å². The van der Waals surface area contributed by atoms with E-state index in [1.807, 2.05) is 0 Å². The number of hydrogen-bond donors (Lipinski definition) is 1. The van der Waals surface area contributed by atoms with Crippen LogP contribution in [0.4, 0.5) is 0 Å². The quantitative estimate of drug-likeness (QED) is 0.808. The van der Waals surface area contributed by atoms with E-state index in [0.29, 0.717) is 21.3 Å². The normalized spacial score (nSPS) is 10.1. The van der Waals surface area contributed by atoms with E-state index in [1.165, 1.54) is 0 Å². The first-order valence-electron chi connectivity index (χ1n) is 4.49. The molecule has 0 saturated carbocycles. The van der Waals surface area contributed by atoms with Crippen molar-refractivity contribution in [1.82, 2.24) is 0 Å². The molecule has 0 fully saturated rings. The highest BCUT2D eigenvalue weighted by Gasteiger charge is 2.10. The Morgan fingerprint density at radius 1 is 1.33 bits per heavy atom. The van der Waals surface area contributed by atoms with Gasteiger partial charge in [0, 0.05) is 28.6 Å². The molecular formula is C11H11Cl2NO. The van der Waals surface area contributed by atoms with Gasteiger partial charge < -0.3 is 5.41 Å². The molecule has 0 radical (unpaired) electrons. The van der Waals surface area contributed by atoms with E-state index in [0.717, 1.165) is 0 Å².